The second kappa shape index (κ2) is 7.10. The summed E-state index contributed by atoms with van der Waals surface area (Å²) in [5.74, 6) is 0.943. The molecule has 0 unspecified atom stereocenters. The summed E-state index contributed by atoms with van der Waals surface area (Å²) in [5, 5.41) is 5.38. The van der Waals surface area contributed by atoms with Gasteiger partial charge in [-0.3, -0.25) is 0 Å². The van der Waals surface area contributed by atoms with E-state index < -0.39 is 0 Å². The van der Waals surface area contributed by atoms with Gasteiger partial charge in [0, 0.05) is 23.2 Å². The average molecular weight is 337 g/mol. The van der Waals surface area contributed by atoms with Crippen molar-refractivity contribution >= 4 is 17.0 Å². The molecule has 24 heavy (non-hydrogen) atoms. The Morgan fingerprint density at radius 1 is 0.958 bits per heavy atom. The summed E-state index contributed by atoms with van der Waals surface area (Å²) in [4.78, 5) is 1.33. The number of hydrogen-bond donors (Lipinski definition) is 1. The first-order valence-corrected chi connectivity index (χ1v) is 9.02. The Balaban J connectivity index is 1.81. The molecule has 124 valence electrons. The number of thiophene rings is 1. The van der Waals surface area contributed by atoms with Crippen LogP contribution >= 0.6 is 11.3 Å². The number of nitrogens with one attached hydrogen (secondary N) is 1. The van der Waals surface area contributed by atoms with Crippen LogP contribution < -0.4 is 10.1 Å². The molecule has 3 aromatic rings. The van der Waals surface area contributed by atoms with E-state index in [1.807, 2.05) is 7.05 Å². The molecule has 0 radical (unpaired) electrons. The number of aryl methyl sites for hydroxylation is 3. The normalized spacial score (nSPS) is 10.7. The third-order valence-corrected chi connectivity index (χ3v) is 5.42. The zero-order chi connectivity index (χ0) is 17.1. The van der Waals surface area contributed by atoms with Crippen molar-refractivity contribution in [3.05, 3.63) is 70.1 Å². The third-order valence-electron chi connectivity index (χ3n) is 4.35. The number of ether oxygens (including phenoxy) is 1. The Hall–Kier alpha value is -2.26. The fourth-order valence-electron chi connectivity index (χ4n) is 2.90. The van der Waals surface area contributed by atoms with Crippen LogP contribution in [0, 0.1) is 20.8 Å². The second-order valence-electron chi connectivity index (χ2n) is 6.05. The molecule has 3 heteroatoms. The van der Waals surface area contributed by atoms with Crippen LogP contribution in [0.3, 0.4) is 0 Å². The van der Waals surface area contributed by atoms with Gasteiger partial charge in [-0.2, -0.15) is 0 Å². The quantitative estimate of drug-likeness (QED) is 0.620. The molecule has 2 nitrogen and oxygen atoms in total. The minimum absolute atomic E-state index is 0.570. The van der Waals surface area contributed by atoms with Gasteiger partial charge in [0.1, 0.15) is 12.4 Å². The summed E-state index contributed by atoms with van der Waals surface area (Å²) in [6.45, 7) is 6.96. The van der Waals surface area contributed by atoms with Gasteiger partial charge in [0.2, 0.25) is 0 Å². The van der Waals surface area contributed by atoms with Gasteiger partial charge in [-0.1, -0.05) is 12.1 Å². The summed E-state index contributed by atoms with van der Waals surface area (Å²) >= 11 is 1.79. The highest BCUT2D eigenvalue weighted by molar-refractivity contribution is 7.13. The highest BCUT2D eigenvalue weighted by Crippen LogP contribution is 2.32. The molecule has 1 N–H and O–H groups in total. The Kier molecular flexibility index (Phi) is 4.91. The third kappa shape index (κ3) is 3.31. The molecule has 0 aliphatic rings. The smallest absolute Gasteiger partial charge is 0.122 e. The van der Waals surface area contributed by atoms with Gasteiger partial charge in [-0.25, -0.2) is 0 Å². The molecule has 0 spiro atoms. The van der Waals surface area contributed by atoms with Crippen molar-refractivity contribution in [2.45, 2.75) is 27.4 Å². The first kappa shape index (κ1) is 16.6. The fraction of sp³-hybridized carbons (Fsp3) is 0.238. The SMILES string of the molecule is CNc1cccc(C)c1COc1ccc(-c2sccc2C)cc1C. The van der Waals surface area contributed by atoms with Crippen LogP contribution in [-0.4, -0.2) is 7.05 Å². The molecule has 0 fully saturated rings. The standard InChI is InChI=1S/C21H23NOS/c1-14-6-5-7-19(22-4)18(14)13-23-20-9-8-17(12-16(20)3)21-15(2)10-11-24-21/h5-12,22H,13H2,1-4H3. The minimum atomic E-state index is 0.570. The van der Waals surface area contributed by atoms with Crippen molar-refractivity contribution in [3.8, 4) is 16.2 Å². The molecule has 0 aliphatic carbocycles. The lowest BCUT2D eigenvalue weighted by molar-refractivity contribution is 0.304. The van der Waals surface area contributed by atoms with Gasteiger partial charge in [0.25, 0.3) is 0 Å². The lowest BCUT2D eigenvalue weighted by atomic mass is 10.1. The fourth-order valence-corrected chi connectivity index (χ4v) is 3.82. The van der Waals surface area contributed by atoms with Gasteiger partial charge in [0.15, 0.2) is 0 Å². The van der Waals surface area contributed by atoms with Crippen LogP contribution in [0.2, 0.25) is 0 Å². The maximum atomic E-state index is 6.11. The predicted molar refractivity (Wildman–Crippen MR) is 104 cm³/mol. The van der Waals surface area contributed by atoms with E-state index in [2.05, 4.69) is 73.9 Å². The maximum absolute atomic E-state index is 6.11. The van der Waals surface area contributed by atoms with Crippen molar-refractivity contribution in [1.29, 1.82) is 0 Å². The topological polar surface area (TPSA) is 21.3 Å². The summed E-state index contributed by atoms with van der Waals surface area (Å²) in [7, 11) is 1.95. The van der Waals surface area contributed by atoms with Crippen LogP contribution in [0.25, 0.3) is 10.4 Å². The van der Waals surface area contributed by atoms with Crippen molar-refractivity contribution in [1.82, 2.24) is 0 Å². The van der Waals surface area contributed by atoms with Crippen LogP contribution in [0.5, 0.6) is 5.75 Å². The Bertz CT molecular complexity index is 851. The van der Waals surface area contributed by atoms with Crippen LogP contribution in [0.1, 0.15) is 22.3 Å². The van der Waals surface area contributed by atoms with Gasteiger partial charge < -0.3 is 10.1 Å². The van der Waals surface area contributed by atoms with Crippen LogP contribution in [0.15, 0.2) is 47.8 Å². The predicted octanol–water partition coefficient (Wildman–Crippen LogP) is 5.96. The number of anilines is 1. The first-order chi connectivity index (χ1) is 11.6. The molecule has 0 saturated carbocycles. The molecule has 0 saturated heterocycles. The largest absolute Gasteiger partial charge is 0.489 e. The highest BCUT2D eigenvalue weighted by atomic mass is 32.1. The second-order valence-corrected chi connectivity index (χ2v) is 6.97. The summed E-state index contributed by atoms with van der Waals surface area (Å²) in [6.07, 6.45) is 0. The van der Waals surface area contributed by atoms with E-state index in [9.17, 15) is 0 Å². The van der Waals surface area contributed by atoms with E-state index in [4.69, 9.17) is 4.74 Å². The Morgan fingerprint density at radius 2 is 1.79 bits per heavy atom. The molecule has 3 rings (SSSR count). The maximum Gasteiger partial charge on any atom is 0.122 e. The van der Waals surface area contributed by atoms with Crippen LogP contribution in [-0.2, 0) is 6.61 Å². The van der Waals surface area contributed by atoms with Crippen molar-refractivity contribution in [2.24, 2.45) is 0 Å². The van der Waals surface area contributed by atoms with Crippen LogP contribution in [0.4, 0.5) is 5.69 Å². The van der Waals surface area contributed by atoms with E-state index in [1.54, 1.807) is 11.3 Å². The molecule has 1 aromatic heterocycles. The summed E-state index contributed by atoms with van der Waals surface area (Å²) in [6, 6.07) is 14.9. The Morgan fingerprint density at radius 3 is 2.46 bits per heavy atom. The van der Waals surface area contributed by atoms with E-state index in [0.717, 1.165) is 11.4 Å². The monoisotopic (exact) mass is 337 g/mol. The molecule has 1 heterocycles. The molecular weight excluding hydrogens is 314 g/mol. The molecule has 2 aromatic carbocycles. The first-order valence-electron chi connectivity index (χ1n) is 8.14. The number of rotatable bonds is 5. The van der Waals surface area contributed by atoms with E-state index in [0.29, 0.717) is 6.61 Å². The zero-order valence-electron chi connectivity index (χ0n) is 14.6. The molecule has 0 bridgehead atoms. The van der Waals surface area contributed by atoms with Gasteiger partial charge in [0.05, 0.1) is 0 Å². The molecular formula is C21H23NOS. The lowest BCUT2D eigenvalue weighted by Crippen LogP contribution is -2.03. The number of benzene rings is 2. The van der Waals surface area contributed by atoms with Gasteiger partial charge in [-0.05, 0) is 78.7 Å². The summed E-state index contributed by atoms with van der Waals surface area (Å²) in [5.41, 5.74) is 7.33. The van der Waals surface area contributed by atoms with E-state index in [-0.39, 0.29) is 0 Å². The van der Waals surface area contributed by atoms with E-state index >= 15 is 0 Å². The molecule has 0 amide bonds. The molecule has 0 atom stereocenters. The minimum Gasteiger partial charge on any atom is -0.489 e. The van der Waals surface area contributed by atoms with Crippen molar-refractivity contribution in [2.75, 3.05) is 12.4 Å². The van der Waals surface area contributed by atoms with Crippen molar-refractivity contribution in [3.63, 3.8) is 0 Å². The summed E-state index contributed by atoms with van der Waals surface area (Å²) < 4.78 is 6.11. The Labute approximate surface area is 148 Å². The van der Waals surface area contributed by atoms with E-state index in [1.165, 1.54) is 32.7 Å². The van der Waals surface area contributed by atoms with Gasteiger partial charge >= 0.3 is 0 Å². The lowest BCUT2D eigenvalue weighted by Gasteiger charge is -2.15. The average Bonchev–Trinajstić information content (AvgIpc) is 3.00. The zero-order valence-corrected chi connectivity index (χ0v) is 15.5. The van der Waals surface area contributed by atoms with Gasteiger partial charge in [-0.15, -0.1) is 11.3 Å². The number of hydrogen-bond acceptors (Lipinski definition) is 3. The molecule has 0 aliphatic heterocycles. The highest BCUT2D eigenvalue weighted by Gasteiger charge is 2.09. The van der Waals surface area contributed by atoms with Crippen molar-refractivity contribution < 1.29 is 4.74 Å².